The maximum atomic E-state index is 11.3. The van der Waals surface area contributed by atoms with E-state index in [2.05, 4.69) is 12.2 Å². The molecule has 1 amide bonds. The Kier molecular flexibility index (Phi) is 5.47. The van der Waals surface area contributed by atoms with Crippen LogP contribution < -0.4 is 5.32 Å². The molecule has 0 bridgehead atoms. The Morgan fingerprint density at radius 1 is 1.40 bits per heavy atom. The molecule has 0 aromatic carbocycles. The molecule has 0 saturated heterocycles. The van der Waals surface area contributed by atoms with Crippen LogP contribution in [-0.2, 0) is 4.74 Å². The largest absolute Gasteiger partial charge is 0.450 e. The molecule has 15 heavy (non-hydrogen) atoms. The molecule has 0 aromatic heterocycles. The summed E-state index contributed by atoms with van der Waals surface area (Å²) in [6.45, 7) is 2.56. The topological polar surface area (TPSA) is 58.6 Å². The minimum absolute atomic E-state index is 0.181. The first-order valence-corrected chi connectivity index (χ1v) is 5.83. The zero-order valence-corrected chi connectivity index (χ0v) is 9.37. The first kappa shape index (κ1) is 12.3. The van der Waals surface area contributed by atoms with Gasteiger partial charge in [-0.2, -0.15) is 0 Å². The first-order valence-electron chi connectivity index (χ1n) is 5.83. The highest BCUT2D eigenvalue weighted by Gasteiger charge is 2.20. The van der Waals surface area contributed by atoms with Crippen molar-refractivity contribution in [3.8, 4) is 0 Å². The van der Waals surface area contributed by atoms with E-state index >= 15 is 0 Å². The molecule has 1 aliphatic carbocycles. The summed E-state index contributed by atoms with van der Waals surface area (Å²) < 4.78 is 5.00. The molecule has 1 saturated carbocycles. The fourth-order valence-corrected chi connectivity index (χ4v) is 1.74. The molecule has 0 atom stereocenters. The average Bonchev–Trinajstić information content (AvgIpc) is 2.22. The van der Waals surface area contributed by atoms with Gasteiger partial charge >= 0.3 is 6.09 Å². The minimum Gasteiger partial charge on any atom is -0.450 e. The van der Waals surface area contributed by atoms with Gasteiger partial charge in [0.15, 0.2) is 0 Å². The van der Waals surface area contributed by atoms with Crippen LogP contribution in [0.1, 0.15) is 45.4 Å². The highest BCUT2D eigenvalue weighted by Crippen LogP contribution is 2.18. The predicted octanol–water partition coefficient (Wildman–Crippen LogP) is 1.82. The molecular weight excluding hydrogens is 194 g/mol. The van der Waals surface area contributed by atoms with Crippen LogP contribution in [0.15, 0.2) is 0 Å². The highest BCUT2D eigenvalue weighted by atomic mass is 16.5. The number of aliphatic hydroxyl groups excluding tert-OH is 1. The van der Waals surface area contributed by atoms with Crippen LogP contribution in [-0.4, -0.2) is 30.0 Å². The van der Waals surface area contributed by atoms with Crippen molar-refractivity contribution < 1.29 is 14.6 Å². The second kappa shape index (κ2) is 6.67. The summed E-state index contributed by atoms with van der Waals surface area (Å²) in [5.41, 5.74) is 0. The van der Waals surface area contributed by atoms with E-state index in [0.717, 1.165) is 38.5 Å². The lowest BCUT2D eigenvalue weighted by Gasteiger charge is -2.25. The quantitative estimate of drug-likeness (QED) is 0.703. The SMILES string of the molecule is CCCCOC(=O)N[C@H]1CC[C@@H](O)CC1. The van der Waals surface area contributed by atoms with Gasteiger partial charge < -0.3 is 15.2 Å². The Morgan fingerprint density at radius 2 is 2.07 bits per heavy atom. The number of alkyl carbamates (subject to hydrolysis) is 1. The van der Waals surface area contributed by atoms with Gasteiger partial charge in [-0.05, 0) is 32.1 Å². The summed E-state index contributed by atoms with van der Waals surface area (Å²) in [4.78, 5) is 11.3. The maximum Gasteiger partial charge on any atom is 0.407 e. The Balaban J connectivity index is 2.09. The monoisotopic (exact) mass is 215 g/mol. The number of rotatable bonds is 4. The number of aliphatic hydroxyl groups is 1. The second-order valence-corrected chi connectivity index (χ2v) is 4.14. The van der Waals surface area contributed by atoms with Gasteiger partial charge in [0.25, 0.3) is 0 Å². The number of hydrogen-bond donors (Lipinski definition) is 2. The Morgan fingerprint density at radius 3 is 2.67 bits per heavy atom. The maximum absolute atomic E-state index is 11.3. The number of hydrogen-bond acceptors (Lipinski definition) is 3. The Bertz CT molecular complexity index is 188. The van der Waals surface area contributed by atoms with Gasteiger partial charge in [0.2, 0.25) is 0 Å². The Labute approximate surface area is 91.0 Å². The molecule has 2 N–H and O–H groups in total. The van der Waals surface area contributed by atoms with E-state index < -0.39 is 0 Å². The van der Waals surface area contributed by atoms with Gasteiger partial charge in [0.1, 0.15) is 0 Å². The number of carbonyl (C=O) groups is 1. The van der Waals surface area contributed by atoms with Gasteiger partial charge in [-0.15, -0.1) is 0 Å². The zero-order valence-electron chi connectivity index (χ0n) is 9.37. The summed E-state index contributed by atoms with van der Waals surface area (Å²) in [6.07, 6.45) is 4.71. The lowest BCUT2D eigenvalue weighted by atomic mass is 9.93. The molecule has 0 heterocycles. The van der Waals surface area contributed by atoms with Crippen LogP contribution in [0, 0.1) is 0 Å². The minimum atomic E-state index is -0.315. The number of carbonyl (C=O) groups excluding carboxylic acids is 1. The lowest BCUT2D eigenvalue weighted by Crippen LogP contribution is -2.38. The molecule has 0 spiro atoms. The first-order chi connectivity index (χ1) is 7.22. The van der Waals surface area contributed by atoms with Crippen molar-refractivity contribution in [3.05, 3.63) is 0 Å². The van der Waals surface area contributed by atoms with E-state index in [1.807, 2.05) is 0 Å². The molecule has 0 aliphatic heterocycles. The predicted molar refractivity (Wildman–Crippen MR) is 57.7 cm³/mol. The lowest BCUT2D eigenvalue weighted by molar-refractivity contribution is 0.106. The molecule has 4 heteroatoms. The molecule has 88 valence electrons. The third-order valence-electron chi connectivity index (χ3n) is 2.75. The van der Waals surface area contributed by atoms with Crippen molar-refractivity contribution in [2.75, 3.05) is 6.61 Å². The van der Waals surface area contributed by atoms with Gasteiger partial charge in [-0.1, -0.05) is 13.3 Å². The summed E-state index contributed by atoms with van der Waals surface area (Å²) in [5, 5.41) is 12.1. The molecule has 1 fully saturated rings. The molecular formula is C11H21NO3. The van der Waals surface area contributed by atoms with Gasteiger partial charge in [-0.3, -0.25) is 0 Å². The van der Waals surface area contributed by atoms with Gasteiger partial charge in [0.05, 0.1) is 12.7 Å². The normalized spacial score (nSPS) is 26.0. The summed E-state index contributed by atoms with van der Waals surface area (Å²) in [5.74, 6) is 0. The summed E-state index contributed by atoms with van der Waals surface area (Å²) >= 11 is 0. The Hall–Kier alpha value is -0.770. The number of amides is 1. The van der Waals surface area contributed by atoms with Crippen LogP contribution in [0.5, 0.6) is 0 Å². The van der Waals surface area contributed by atoms with E-state index in [0.29, 0.717) is 6.61 Å². The van der Waals surface area contributed by atoms with Crippen molar-refractivity contribution in [1.29, 1.82) is 0 Å². The van der Waals surface area contributed by atoms with Crippen molar-refractivity contribution in [1.82, 2.24) is 5.32 Å². The molecule has 4 nitrogen and oxygen atoms in total. The van der Waals surface area contributed by atoms with Crippen molar-refractivity contribution in [3.63, 3.8) is 0 Å². The molecule has 1 rings (SSSR count). The van der Waals surface area contributed by atoms with Gasteiger partial charge in [0, 0.05) is 6.04 Å². The van der Waals surface area contributed by atoms with E-state index in [1.54, 1.807) is 0 Å². The van der Waals surface area contributed by atoms with Crippen molar-refractivity contribution in [2.24, 2.45) is 0 Å². The fourth-order valence-electron chi connectivity index (χ4n) is 1.74. The molecule has 0 aromatic rings. The molecule has 0 radical (unpaired) electrons. The van der Waals surface area contributed by atoms with Crippen LogP contribution >= 0.6 is 0 Å². The summed E-state index contributed by atoms with van der Waals surface area (Å²) in [6, 6.07) is 0.183. The zero-order chi connectivity index (χ0) is 11.1. The highest BCUT2D eigenvalue weighted by molar-refractivity contribution is 5.67. The van der Waals surface area contributed by atoms with E-state index in [4.69, 9.17) is 4.74 Å². The third-order valence-corrected chi connectivity index (χ3v) is 2.75. The smallest absolute Gasteiger partial charge is 0.407 e. The third kappa shape index (κ3) is 5.02. The van der Waals surface area contributed by atoms with Crippen LogP contribution in [0.4, 0.5) is 4.79 Å². The van der Waals surface area contributed by atoms with E-state index in [1.165, 1.54) is 0 Å². The van der Waals surface area contributed by atoms with E-state index in [9.17, 15) is 9.90 Å². The van der Waals surface area contributed by atoms with Gasteiger partial charge in [-0.25, -0.2) is 4.79 Å². The molecule has 0 unspecified atom stereocenters. The molecule has 1 aliphatic rings. The van der Waals surface area contributed by atoms with Crippen LogP contribution in [0.3, 0.4) is 0 Å². The summed E-state index contributed by atoms with van der Waals surface area (Å²) in [7, 11) is 0. The van der Waals surface area contributed by atoms with Crippen LogP contribution in [0.2, 0.25) is 0 Å². The number of ether oxygens (including phenoxy) is 1. The second-order valence-electron chi connectivity index (χ2n) is 4.14. The standard InChI is InChI=1S/C11H21NO3/c1-2-3-8-15-11(14)12-9-4-6-10(13)7-5-9/h9-10,13H,2-8H2,1H3,(H,12,14)/t9-,10+. The fraction of sp³-hybridized carbons (Fsp3) is 0.909. The van der Waals surface area contributed by atoms with E-state index in [-0.39, 0.29) is 18.2 Å². The van der Waals surface area contributed by atoms with Crippen molar-refractivity contribution in [2.45, 2.75) is 57.6 Å². The number of nitrogens with one attached hydrogen (secondary N) is 1. The van der Waals surface area contributed by atoms with Crippen LogP contribution in [0.25, 0.3) is 0 Å². The average molecular weight is 215 g/mol. The van der Waals surface area contributed by atoms with Crippen molar-refractivity contribution >= 4 is 6.09 Å². The number of unbranched alkanes of at least 4 members (excludes halogenated alkanes) is 1.